The van der Waals surface area contributed by atoms with Crippen molar-refractivity contribution in [3.8, 4) is 23.0 Å². The van der Waals surface area contributed by atoms with Gasteiger partial charge >= 0.3 is 0 Å². The maximum atomic E-state index is 5.59. The molecule has 1 aromatic carbocycles. The maximum Gasteiger partial charge on any atom is 0.218 e. The van der Waals surface area contributed by atoms with Gasteiger partial charge in [-0.15, -0.1) is 0 Å². The Kier molecular flexibility index (Phi) is 5.18. The normalized spacial score (nSPS) is 13.7. The average Bonchev–Trinajstić information content (AvgIpc) is 2.83. The van der Waals surface area contributed by atoms with Crippen molar-refractivity contribution in [2.24, 2.45) is 0 Å². The first-order valence-electron chi connectivity index (χ1n) is 10.2. The fourth-order valence-electron chi connectivity index (χ4n) is 3.98. The van der Waals surface area contributed by atoms with Crippen LogP contribution in [0.3, 0.4) is 0 Å². The summed E-state index contributed by atoms with van der Waals surface area (Å²) in [5.74, 6) is 2.19. The SMILES string of the molecule is COc1ccc2cc(CN3CCc4nc(-c5ccncc5)ncc4C3)c(OC)nc2c1. The second-order valence-corrected chi connectivity index (χ2v) is 7.58. The molecule has 0 bridgehead atoms. The Morgan fingerprint density at radius 3 is 2.68 bits per heavy atom. The van der Waals surface area contributed by atoms with Crippen LogP contribution in [0.1, 0.15) is 16.8 Å². The Bertz CT molecular complexity index is 1230. The first-order chi connectivity index (χ1) is 15.2. The van der Waals surface area contributed by atoms with Gasteiger partial charge in [-0.3, -0.25) is 9.88 Å². The predicted molar refractivity (Wildman–Crippen MR) is 118 cm³/mol. The lowest BCUT2D eigenvalue weighted by Crippen LogP contribution is -2.31. The minimum absolute atomic E-state index is 0.649. The molecular weight excluding hydrogens is 390 g/mol. The van der Waals surface area contributed by atoms with Crippen LogP contribution in [-0.2, 0) is 19.5 Å². The van der Waals surface area contributed by atoms with Crippen molar-refractivity contribution < 1.29 is 9.47 Å². The highest BCUT2D eigenvalue weighted by molar-refractivity contribution is 5.81. The highest BCUT2D eigenvalue weighted by Gasteiger charge is 2.21. The molecule has 7 heteroatoms. The van der Waals surface area contributed by atoms with E-state index in [1.54, 1.807) is 26.6 Å². The fraction of sp³-hybridized carbons (Fsp3) is 0.250. The Labute approximate surface area is 180 Å². The molecule has 4 heterocycles. The Morgan fingerprint density at radius 2 is 1.87 bits per heavy atom. The number of rotatable bonds is 5. The summed E-state index contributed by atoms with van der Waals surface area (Å²) >= 11 is 0. The van der Waals surface area contributed by atoms with Crippen LogP contribution in [0.2, 0.25) is 0 Å². The van der Waals surface area contributed by atoms with E-state index in [2.05, 4.69) is 20.9 Å². The number of hydrogen-bond donors (Lipinski definition) is 0. The molecule has 7 nitrogen and oxygen atoms in total. The van der Waals surface area contributed by atoms with E-state index in [1.807, 2.05) is 36.5 Å². The van der Waals surface area contributed by atoms with Gasteiger partial charge in [0.25, 0.3) is 0 Å². The number of nitrogens with zero attached hydrogens (tertiary/aromatic N) is 5. The molecule has 0 fully saturated rings. The number of fused-ring (bicyclic) bond motifs is 2. The van der Waals surface area contributed by atoms with Gasteiger partial charge in [-0.05, 0) is 30.3 Å². The molecule has 0 unspecified atom stereocenters. The largest absolute Gasteiger partial charge is 0.497 e. The monoisotopic (exact) mass is 413 g/mol. The molecule has 1 aliphatic heterocycles. The summed E-state index contributed by atoms with van der Waals surface area (Å²) in [5, 5.41) is 1.07. The molecule has 0 N–H and O–H groups in total. The van der Waals surface area contributed by atoms with Crippen molar-refractivity contribution in [2.75, 3.05) is 20.8 Å². The molecule has 4 aromatic rings. The molecule has 5 rings (SSSR count). The molecule has 3 aromatic heterocycles. The summed E-state index contributed by atoms with van der Waals surface area (Å²) in [6.45, 7) is 2.48. The highest BCUT2D eigenvalue weighted by atomic mass is 16.5. The standard InChI is InChI=1S/C24H23N5O2/c1-30-20-4-3-17-11-18(24(31-2)28-22(17)12-20)14-29-10-7-21-19(15-29)13-26-23(27-21)16-5-8-25-9-6-16/h3-6,8-9,11-13H,7,10,14-15H2,1-2H3. The van der Waals surface area contributed by atoms with Crippen molar-refractivity contribution in [3.05, 3.63) is 71.8 Å². The summed E-state index contributed by atoms with van der Waals surface area (Å²) < 4.78 is 10.9. The van der Waals surface area contributed by atoms with E-state index in [9.17, 15) is 0 Å². The van der Waals surface area contributed by atoms with Crippen LogP contribution >= 0.6 is 0 Å². The number of benzene rings is 1. The number of aromatic nitrogens is 4. The first-order valence-corrected chi connectivity index (χ1v) is 10.2. The van der Waals surface area contributed by atoms with Crippen LogP contribution in [-0.4, -0.2) is 45.6 Å². The third-order valence-electron chi connectivity index (χ3n) is 5.60. The predicted octanol–water partition coefficient (Wildman–Crippen LogP) is 3.66. The zero-order valence-electron chi connectivity index (χ0n) is 17.6. The molecule has 0 saturated carbocycles. The van der Waals surface area contributed by atoms with Gasteiger partial charge in [0, 0.05) is 72.8 Å². The Hall–Kier alpha value is -3.58. The van der Waals surface area contributed by atoms with Gasteiger partial charge in [0.15, 0.2) is 5.82 Å². The van der Waals surface area contributed by atoms with Gasteiger partial charge in [0.05, 0.1) is 25.4 Å². The van der Waals surface area contributed by atoms with Crippen LogP contribution < -0.4 is 9.47 Å². The quantitative estimate of drug-likeness (QED) is 0.494. The van der Waals surface area contributed by atoms with E-state index >= 15 is 0 Å². The molecule has 0 amide bonds. The van der Waals surface area contributed by atoms with Crippen molar-refractivity contribution in [2.45, 2.75) is 19.5 Å². The van der Waals surface area contributed by atoms with Crippen LogP contribution in [0.15, 0.2) is 55.0 Å². The number of ether oxygens (including phenoxy) is 2. The van der Waals surface area contributed by atoms with Crippen LogP contribution in [0, 0.1) is 0 Å². The van der Waals surface area contributed by atoms with Crippen LogP contribution in [0.5, 0.6) is 11.6 Å². The lowest BCUT2D eigenvalue weighted by molar-refractivity contribution is 0.238. The molecule has 0 atom stereocenters. The second-order valence-electron chi connectivity index (χ2n) is 7.58. The fourth-order valence-corrected chi connectivity index (χ4v) is 3.98. The molecule has 1 aliphatic rings. The molecule has 0 aliphatic carbocycles. The minimum atomic E-state index is 0.649. The highest BCUT2D eigenvalue weighted by Crippen LogP contribution is 2.28. The van der Waals surface area contributed by atoms with Crippen molar-refractivity contribution in [1.82, 2.24) is 24.8 Å². The zero-order chi connectivity index (χ0) is 21.2. The summed E-state index contributed by atoms with van der Waals surface area (Å²) in [6.07, 6.45) is 6.37. The zero-order valence-corrected chi connectivity index (χ0v) is 17.6. The molecule has 0 radical (unpaired) electrons. The van der Waals surface area contributed by atoms with Gasteiger partial charge in [-0.25, -0.2) is 15.0 Å². The third-order valence-corrected chi connectivity index (χ3v) is 5.60. The number of hydrogen-bond acceptors (Lipinski definition) is 7. The molecule has 31 heavy (non-hydrogen) atoms. The van der Waals surface area contributed by atoms with Gasteiger partial charge < -0.3 is 9.47 Å². The molecule has 0 saturated heterocycles. The lowest BCUT2D eigenvalue weighted by atomic mass is 10.1. The van der Waals surface area contributed by atoms with Crippen molar-refractivity contribution in [3.63, 3.8) is 0 Å². The van der Waals surface area contributed by atoms with E-state index in [0.717, 1.165) is 65.4 Å². The van der Waals surface area contributed by atoms with Gasteiger partial charge in [0.1, 0.15) is 5.75 Å². The van der Waals surface area contributed by atoms with E-state index in [0.29, 0.717) is 5.88 Å². The summed E-state index contributed by atoms with van der Waals surface area (Å²) in [4.78, 5) is 20.5. The Balaban J connectivity index is 1.38. The molecular formula is C24H23N5O2. The number of pyridine rings is 2. The second kappa shape index (κ2) is 8.28. The third kappa shape index (κ3) is 3.92. The maximum absolute atomic E-state index is 5.59. The Morgan fingerprint density at radius 1 is 1.00 bits per heavy atom. The molecule has 156 valence electrons. The van der Waals surface area contributed by atoms with E-state index in [-0.39, 0.29) is 0 Å². The summed E-state index contributed by atoms with van der Waals surface area (Å²) in [6, 6.07) is 11.9. The minimum Gasteiger partial charge on any atom is -0.497 e. The van der Waals surface area contributed by atoms with E-state index < -0.39 is 0 Å². The van der Waals surface area contributed by atoms with Gasteiger partial charge in [-0.2, -0.15) is 0 Å². The number of methoxy groups -OCH3 is 2. The summed E-state index contributed by atoms with van der Waals surface area (Å²) in [5.41, 5.74) is 5.21. The topological polar surface area (TPSA) is 73.3 Å². The lowest BCUT2D eigenvalue weighted by Gasteiger charge is -2.28. The first kappa shape index (κ1) is 19.4. The van der Waals surface area contributed by atoms with E-state index in [4.69, 9.17) is 19.4 Å². The van der Waals surface area contributed by atoms with Crippen molar-refractivity contribution in [1.29, 1.82) is 0 Å². The van der Waals surface area contributed by atoms with Crippen LogP contribution in [0.25, 0.3) is 22.3 Å². The average molecular weight is 413 g/mol. The van der Waals surface area contributed by atoms with Gasteiger partial charge in [0.2, 0.25) is 5.88 Å². The van der Waals surface area contributed by atoms with Crippen molar-refractivity contribution >= 4 is 10.9 Å². The van der Waals surface area contributed by atoms with Gasteiger partial charge in [-0.1, -0.05) is 0 Å². The van der Waals surface area contributed by atoms with E-state index in [1.165, 1.54) is 5.56 Å². The van der Waals surface area contributed by atoms with Crippen LogP contribution in [0.4, 0.5) is 0 Å². The molecule has 0 spiro atoms. The summed E-state index contributed by atoms with van der Waals surface area (Å²) in [7, 11) is 3.32. The smallest absolute Gasteiger partial charge is 0.218 e.